The summed E-state index contributed by atoms with van der Waals surface area (Å²) in [7, 11) is -3.09. The van der Waals surface area contributed by atoms with Crippen LogP contribution in [0.4, 0.5) is 0 Å². The molecule has 0 fully saturated rings. The smallest absolute Gasteiger partial charge is 0.158 e. The van der Waals surface area contributed by atoms with Gasteiger partial charge in [0.25, 0.3) is 0 Å². The van der Waals surface area contributed by atoms with Gasteiger partial charge >= 0.3 is 0 Å². The topological polar surface area (TPSA) is 34.1 Å². The van der Waals surface area contributed by atoms with Gasteiger partial charge in [-0.05, 0) is 6.08 Å². The Balaban J connectivity index is 3.01. The molecule has 0 aromatic heterocycles. The van der Waals surface area contributed by atoms with E-state index < -0.39 is 15.1 Å². The predicted octanol–water partition coefficient (Wildman–Crippen LogP) is 0.699. The minimum atomic E-state index is -3.09. The molecule has 11 heavy (non-hydrogen) atoms. The molecule has 0 aromatic carbocycles. The molecule has 1 atom stereocenters. The standard InChI is InChI=1S/C7H7O2S2/c1-11(8,9)7-5-3-2-4-6(7)10/h2-3,5,7H,1H3. The Morgan fingerprint density at radius 2 is 2.27 bits per heavy atom. The second kappa shape index (κ2) is 2.87. The van der Waals surface area contributed by atoms with E-state index in [-0.39, 0.29) is 0 Å². The van der Waals surface area contributed by atoms with E-state index >= 15 is 0 Å². The van der Waals surface area contributed by atoms with Crippen LogP contribution < -0.4 is 0 Å². The maximum Gasteiger partial charge on any atom is 0.158 e. The summed E-state index contributed by atoms with van der Waals surface area (Å²) in [6.07, 6.45) is 8.67. The first-order valence-corrected chi connectivity index (χ1v) is 5.37. The third-order valence-corrected chi connectivity index (χ3v) is 3.16. The zero-order chi connectivity index (χ0) is 8.48. The summed E-state index contributed by atoms with van der Waals surface area (Å²) in [6, 6.07) is 0. The molecule has 0 aliphatic heterocycles. The van der Waals surface area contributed by atoms with E-state index in [1.165, 1.54) is 6.26 Å². The van der Waals surface area contributed by atoms with Crippen LogP contribution in [-0.4, -0.2) is 24.8 Å². The average molecular weight is 187 g/mol. The molecule has 0 heterocycles. The van der Waals surface area contributed by atoms with Gasteiger partial charge in [0.05, 0.1) is 0 Å². The first-order valence-electron chi connectivity index (χ1n) is 3.01. The van der Waals surface area contributed by atoms with Crippen molar-refractivity contribution in [3.8, 4) is 0 Å². The zero-order valence-corrected chi connectivity index (χ0v) is 7.58. The highest BCUT2D eigenvalue weighted by atomic mass is 32.2. The lowest BCUT2D eigenvalue weighted by Gasteiger charge is -2.10. The van der Waals surface area contributed by atoms with Crippen molar-refractivity contribution in [2.45, 2.75) is 5.25 Å². The first kappa shape index (κ1) is 8.62. The second-order valence-electron chi connectivity index (χ2n) is 2.31. The summed E-state index contributed by atoms with van der Waals surface area (Å²) < 4.78 is 22.0. The Labute approximate surface area is 71.5 Å². The van der Waals surface area contributed by atoms with Crippen LogP contribution in [0.1, 0.15) is 0 Å². The monoisotopic (exact) mass is 187 g/mol. The van der Waals surface area contributed by atoms with Gasteiger partial charge in [-0.2, -0.15) is 0 Å². The van der Waals surface area contributed by atoms with Crippen molar-refractivity contribution >= 4 is 26.9 Å². The fourth-order valence-corrected chi connectivity index (χ4v) is 2.30. The van der Waals surface area contributed by atoms with Crippen LogP contribution in [0.2, 0.25) is 0 Å². The van der Waals surface area contributed by atoms with Gasteiger partial charge in [-0.3, -0.25) is 0 Å². The largest absolute Gasteiger partial charge is 0.228 e. The van der Waals surface area contributed by atoms with Crippen LogP contribution in [0.3, 0.4) is 0 Å². The molecule has 0 saturated heterocycles. The van der Waals surface area contributed by atoms with Crippen molar-refractivity contribution in [2.75, 3.05) is 6.26 Å². The molecule has 2 nitrogen and oxygen atoms in total. The van der Waals surface area contributed by atoms with Crippen molar-refractivity contribution in [1.29, 1.82) is 0 Å². The molecule has 1 aliphatic rings. The van der Waals surface area contributed by atoms with Crippen molar-refractivity contribution in [2.24, 2.45) is 0 Å². The predicted molar refractivity (Wildman–Crippen MR) is 48.2 cm³/mol. The number of hydrogen-bond acceptors (Lipinski definition) is 3. The van der Waals surface area contributed by atoms with E-state index in [1.807, 2.05) is 0 Å². The van der Waals surface area contributed by atoms with Gasteiger partial charge in [-0.25, -0.2) is 8.42 Å². The van der Waals surface area contributed by atoms with Gasteiger partial charge in [0.15, 0.2) is 9.84 Å². The highest BCUT2D eigenvalue weighted by molar-refractivity contribution is 7.94. The van der Waals surface area contributed by atoms with Gasteiger partial charge in [-0.15, -0.1) is 0 Å². The van der Waals surface area contributed by atoms with Crippen LogP contribution in [0.15, 0.2) is 18.2 Å². The molecule has 0 spiro atoms. The minimum Gasteiger partial charge on any atom is -0.228 e. The van der Waals surface area contributed by atoms with Crippen LogP contribution >= 0.6 is 12.2 Å². The molecule has 0 amide bonds. The van der Waals surface area contributed by atoms with Crippen LogP contribution in [0, 0.1) is 6.08 Å². The average Bonchev–Trinajstić information content (AvgIpc) is 1.86. The Hall–Kier alpha value is -0.480. The number of sulfone groups is 1. The van der Waals surface area contributed by atoms with Gasteiger partial charge in [-0.1, -0.05) is 30.4 Å². The number of hydrogen-bond donors (Lipinski definition) is 0. The molecular formula is C7H7O2S2. The lowest BCUT2D eigenvalue weighted by atomic mass is 10.2. The first-order chi connectivity index (χ1) is 5.02. The summed E-state index contributed by atoms with van der Waals surface area (Å²) in [5.41, 5.74) is 0. The van der Waals surface area contributed by atoms with Crippen LogP contribution in [0.5, 0.6) is 0 Å². The Kier molecular flexibility index (Phi) is 2.25. The third-order valence-electron chi connectivity index (χ3n) is 1.33. The molecular weight excluding hydrogens is 180 g/mol. The van der Waals surface area contributed by atoms with Gasteiger partial charge in [0.2, 0.25) is 0 Å². The highest BCUT2D eigenvalue weighted by Gasteiger charge is 2.21. The fourth-order valence-electron chi connectivity index (χ4n) is 0.793. The second-order valence-corrected chi connectivity index (χ2v) is 4.92. The maximum atomic E-state index is 11.0. The van der Waals surface area contributed by atoms with E-state index in [9.17, 15) is 8.42 Å². The molecule has 59 valence electrons. The molecule has 1 rings (SSSR count). The van der Waals surface area contributed by atoms with E-state index in [0.29, 0.717) is 4.86 Å². The molecule has 1 unspecified atom stereocenters. The van der Waals surface area contributed by atoms with Gasteiger partial charge < -0.3 is 0 Å². The molecule has 0 aromatic rings. The van der Waals surface area contributed by atoms with Crippen molar-refractivity contribution in [1.82, 2.24) is 0 Å². The molecule has 0 N–H and O–H groups in total. The molecule has 1 radical (unpaired) electrons. The normalized spacial score (nSPS) is 24.1. The Bertz CT molecular complexity index is 322. The summed E-state index contributed by atoms with van der Waals surface area (Å²) in [6.45, 7) is 0. The summed E-state index contributed by atoms with van der Waals surface area (Å²) in [5, 5.41) is -0.650. The quantitative estimate of drug-likeness (QED) is 0.567. The van der Waals surface area contributed by atoms with Crippen molar-refractivity contribution in [3.63, 3.8) is 0 Å². The van der Waals surface area contributed by atoms with Crippen LogP contribution in [0.25, 0.3) is 0 Å². The maximum absolute atomic E-state index is 11.0. The lowest BCUT2D eigenvalue weighted by Crippen LogP contribution is -2.26. The molecule has 1 aliphatic carbocycles. The number of allylic oxidation sites excluding steroid dienone is 3. The molecule has 0 bridgehead atoms. The summed E-state index contributed by atoms with van der Waals surface area (Å²) >= 11 is 4.80. The highest BCUT2D eigenvalue weighted by Crippen LogP contribution is 2.09. The summed E-state index contributed by atoms with van der Waals surface area (Å²) in [5.74, 6) is 0. The number of rotatable bonds is 1. The van der Waals surface area contributed by atoms with Gasteiger partial charge in [0, 0.05) is 11.1 Å². The van der Waals surface area contributed by atoms with E-state index in [0.717, 1.165) is 0 Å². The molecule has 4 heteroatoms. The lowest BCUT2D eigenvalue weighted by molar-refractivity contribution is 0.601. The zero-order valence-electron chi connectivity index (χ0n) is 5.94. The Morgan fingerprint density at radius 1 is 1.64 bits per heavy atom. The summed E-state index contributed by atoms with van der Waals surface area (Å²) in [4.78, 5) is 0.343. The fraction of sp³-hybridized carbons (Fsp3) is 0.286. The molecule has 0 saturated carbocycles. The van der Waals surface area contributed by atoms with Crippen molar-refractivity contribution < 1.29 is 8.42 Å². The Morgan fingerprint density at radius 3 is 2.64 bits per heavy atom. The van der Waals surface area contributed by atoms with Crippen molar-refractivity contribution in [3.05, 3.63) is 24.3 Å². The van der Waals surface area contributed by atoms with E-state index in [1.54, 1.807) is 18.2 Å². The van der Waals surface area contributed by atoms with Crippen LogP contribution in [-0.2, 0) is 9.84 Å². The minimum absolute atomic E-state index is 0.343. The SMILES string of the molecule is CS(=O)(=O)C1C=CC=[C]C1=S. The third kappa shape index (κ3) is 1.97. The number of thiocarbonyl (C=S) groups is 1. The van der Waals surface area contributed by atoms with E-state index in [4.69, 9.17) is 12.2 Å². The van der Waals surface area contributed by atoms with E-state index in [2.05, 4.69) is 6.08 Å². The van der Waals surface area contributed by atoms with Gasteiger partial charge in [0.1, 0.15) is 5.25 Å².